The minimum atomic E-state index is -0.857. The van der Waals surface area contributed by atoms with E-state index < -0.39 is 22.6 Å². The molecule has 0 aliphatic carbocycles. The zero-order valence-corrected chi connectivity index (χ0v) is 21.7. The summed E-state index contributed by atoms with van der Waals surface area (Å²) in [7, 11) is 0. The Kier molecular flexibility index (Phi) is 6.63. The largest absolute Gasteiger partial charge is 0.494 e. The van der Waals surface area contributed by atoms with Crippen molar-refractivity contribution in [1.29, 1.82) is 0 Å². The number of thioether (sulfide) groups is 1. The summed E-state index contributed by atoms with van der Waals surface area (Å²) >= 11 is 1.55. The highest BCUT2D eigenvalue weighted by Crippen LogP contribution is 2.61. The fraction of sp³-hybridized carbons (Fsp3) is 0.519. The van der Waals surface area contributed by atoms with Gasteiger partial charge in [-0.2, -0.15) is 0 Å². The summed E-state index contributed by atoms with van der Waals surface area (Å²) in [5, 5.41) is 9.55. The molecule has 0 aromatic heterocycles. The van der Waals surface area contributed by atoms with E-state index in [9.17, 15) is 19.5 Å². The monoisotopic (exact) mass is 511 g/mol. The van der Waals surface area contributed by atoms with E-state index >= 15 is 0 Å². The number of amides is 3. The predicted octanol–water partition coefficient (Wildman–Crippen LogP) is 2.08. The summed E-state index contributed by atoms with van der Waals surface area (Å²) in [5.41, 5.74) is 0.743. The van der Waals surface area contributed by atoms with Gasteiger partial charge in [-0.05, 0) is 45.0 Å². The summed E-state index contributed by atoms with van der Waals surface area (Å²) in [6, 6.07) is 6.63. The first-order chi connectivity index (χ1) is 17.3. The van der Waals surface area contributed by atoms with Gasteiger partial charge in [0.05, 0.1) is 29.8 Å². The lowest BCUT2D eigenvalue weighted by Crippen LogP contribution is -2.54. The molecule has 36 heavy (non-hydrogen) atoms. The number of hydrogen-bond acceptors (Lipinski definition) is 6. The van der Waals surface area contributed by atoms with Crippen LogP contribution in [-0.2, 0) is 14.4 Å². The third-order valence-corrected chi connectivity index (χ3v) is 9.36. The molecular formula is C27H33N3O5S. The van der Waals surface area contributed by atoms with Crippen LogP contribution in [0, 0.1) is 11.8 Å². The van der Waals surface area contributed by atoms with Crippen LogP contribution in [-0.4, -0.2) is 87.6 Å². The second kappa shape index (κ2) is 9.59. The molecule has 1 N–H and O–H groups in total. The molecule has 1 aromatic carbocycles. The summed E-state index contributed by atoms with van der Waals surface area (Å²) < 4.78 is 4.69. The zero-order valence-electron chi connectivity index (χ0n) is 20.9. The topological polar surface area (TPSA) is 90.4 Å². The van der Waals surface area contributed by atoms with E-state index in [1.807, 2.05) is 69.3 Å². The standard InChI is InChI=1S/C27H33N3O5S/c1-4-35-19-10-8-18(9-11-19)29-13-5-7-20-21(24(29)32)22-25(33)30(15-16-31)23-26(34)28(17(2)3)14-6-12-27(22,23)36-20/h5-12,17,20-23,31H,4,13-16H2,1-3H3/t20-,21+,22+,23?,27+/m1/s1. The normalized spacial score (nSPS) is 31.5. The highest BCUT2D eigenvalue weighted by molar-refractivity contribution is 8.02. The average Bonchev–Trinajstić information content (AvgIpc) is 3.15. The molecule has 2 saturated heterocycles. The van der Waals surface area contributed by atoms with E-state index in [1.54, 1.807) is 21.6 Å². The molecule has 4 aliphatic rings. The lowest BCUT2D eigenvalue weighted by atomic mass is 9.78. The van der Waals surface area contributed by atoms with Crippen LogP contribution in [0.25, 0.3) is 0 Å². The van der Waals surface area contributed by atoms with Crippen molar-refractivity contribution < 1.29 is 24.2 Å². The van der Waals surface area contributed by atoms with Crippen LogP contribution in [0.1, 0.15) is 20.8 Å². The van der Waals surface area contributed by atoms with Crippen LogP contribution in [0.2, 0.25) is 0 Å². The summed E-state index contributed by atoms with van der Waals surface area (Å²) in [6.45, 7) is 7.09. The zero-order chi connectivity index (χ0) is 25.6. The number of anilines is 1. The average molecular weight is 512 g/mol. The predicted molar refractivity (Wildman–Crippen MR) is 139 cm³/mol. The number of aliphatic hydroxyl groups excluding tert-OH is 1. The Labute approximate surface area is 215 Å². The molecule has 5 atom stereocenters. The van der Waals surface area contributed by atoms with Crippen molar-refractivity contribution in [2.24, 2.45) is 11.8 Å². The van der Waals surface area contributed by atoms with Crippen LogP contribution < -0.4 is 9.64 Å². The second-order valence-electron chi connectivity index (χ2n) is 9.89. The van der Waals surface area contributed by atoms with Crippen molar-refractivity contribution >= 4 is 35.2 Å². The Hall–Kier alpha value is -2.78. The van der Waals surface area contributed by atoms with Gasteiger partial charge >= 0.3 is 0 Å². The van der Waals surface area contributed by atoms with Gasteiger partial charge in [0, 0.05) is 36.6 Å². The fourth-order valence-electron chi connectivity index (χ4n) is 6.09. The maximum absolute atomic E-state index is 14.1. The van der Waals surface area contributed by atoms with Gasteiger partial charge in [-0.15, -0.1) is 11.8 Å². The second-order valence-corrected chi connectivity index (χ2v) is 11.4. The van der Waals surface area contributed by atoms with Crippen molar-refractivity contribution in [3.8, 4) is 5.75 Å². The number of hydrogen-bond donors (Lipinski definition) is 1. The molecule has 2 fully saturated rings. The number of β-amino-alcohol motifs (C(OH)–C–C–N with tert-alkyl or cyclic N) is 1. The number of rotatable bonds is 6. The minimum absolute atomic E-state index is 0.0315. The van der Waals surface area contributed by atoms with Crippen molar-refractivity contribution in [3.05, 3.63) is 48.6 Å². The van der Waals surface area contributed by atoms with Crippen LogP contribution in [0.15, 0.2) is 48.6 Å². The van der Waals surface area contributed by atoms with Crippen molar-refractivity contribution in [3.63, 3.8) is 0 Å². The SMILES string of the molecule is CCOc1ccc(N2CC=C[C@H]3S[C@]45C=CCN(C(C)C)C(=O)C4N(CCO)C(=O)[C@@H]5[C@H]3C2=O)cc1. The molecule has 0 bridgehead atoms. The van der Waals surface area contributed by atoms with Crippen molar-refractivity contribution in [2.75, 3.05) is 37.7 Å². The van der Waals surface area contributed by atoms with E-state index in [0.29, 0.717) is 19.7 Å². The highest BCUT2D eigenvalue weighted by atomic mass is 32.2. The number of fused-ring (bicyclic) bond motifs is 2. The lowest BCUT2D eigenvalue weighted by Gasteiger charge is -2.36. The highest BCUT2D eigenvalue weighted by Gasteiger charge is 2.71. The Balaban J connectivity index is 1.55. The molecule has 8 nitrogen and oxygen atoms in total. The Morgan fingerprint density at radius 3 is 2.50 bits per heavy atom. The van der Waals surface area contributed by atoms with E-state index in [4.69, 9.17) is 4.74 Å². The van der Waals surface area contributed by atoms with Crippen LogP contribution in [0.3, 0.4) is 0 Å². The number of nitrogens with zero attached hydrogens (tertiary/aromatic N) is 3. The fourth-order valence-corrected chi connectivity index (χ4v) is 8.09. The van der Waals surface area contributed by atoms with Gasteiger partial charge < -0.3 is 24.5 Å². The Morgan fingerprint density at radius 1 is 1.08 bits per heavy atom. The number of likely N-dealkylation sites (tertiary alicyclic amines) is 1. The van der Waals surface area contributed by atoms with E-state index in [1.165, 1.54) is 4.90 Å². The molecule has 1 aromatic rings. The van der Waals surface area contributed by atoms with Gasteiger partial charge in [0.15, 0.2) is 0 Å². The smallest absolute Gasteiger partial charge is 0.247 e. The van der Waals surface area contributed by atoms with Crippen LogP contribution in [0.4, 0.5) is 5.69 Å². The molecule has 4 heterocycles. The quantitative estimate of drug-likeness (QED) is 0.589. The summed E-state index contributed by atoms with van der Waals surface area (Å²) in [4.78, 5) is 46.9. The first-order valence-electron chi connectivity index (χ1n) is 12.6. The Bertz CT molecular complexity index is 1100. The molecule has 4 aliphatic heterocycles. The molecule has 1 spiro atoms. The lowest BCUT2D eigenvalue weighted by molar-refractivity contribution is -0.143. The van der Waals surface area contributed by atoms with E-state index in [-0.39, 0.29) is 42.2 Å². The number of ether oxygens (including phenoxy) is 1. The molecule has 0 saturated carbocycles. The third-order valence-electron chi connectivity index (χ3n) is 7.61. The summed E-state index contributed by atoms with van der Waals surface area (Å²) in [5.74, 6) is -1.03. The minimum Gasteiger partial charge on any atom is -0.494 e. The maximum atomic E-state index is 14.1. The number of carbonyl (C=O) groups is 3. The van der Waals surface area contributed by atoms with Crippen molar-refractivity contribution in [2.45, 2.75) is 42.9 Å². The Morgan fingerprint density at radius 2 is 1.83 bits per heavy atom. The first-order valence-corrected chi connectivity index (χ1v) is 13.5. The molecule has 0 radical (unpaired) electrons. The van der Waals surface area contributed by atoms with Crippen molar-refractivity contribution in [1.82, 2.24) is 9.80 Å². The van der Waals surface area contributed by atoms with E-state index in [0.717, 1.165) is 11.4 Å². The molecule has 9 heteroatoms. The van der Waals surface area contributed by atoms with Gasteiger partial charge in [0.1, 0.15) is 11.8 Å². The van der Waals surface area contributed by atoms with Gasteiger partial charge in [-0.3, -0.25) is 14.4 Å². The van der Waals surface area contributed by atoms with Gasteiger partial charge in [-0.1, -0.05) is 24.3 Å². The maximum Gasteiger partial charge on any atom is 0.247 e. The van der Waals surface area contributed by atoms with Crippen LogP contribution >= 0.6 is 11.8 Å². The number of aliphatic hydroxyl groups is 1. The first kappa shape index (κ1) is 24.9. The third kappa shape index (κ3) is 3.75. The van der Waals surface area contributed by atoms with E-state index in [2.05, 4.69) is 0 Å². The van der Waals surface area contributed by atoms with Gasteiger partial charge in [-0.25, -0.2) is 0 Å². The summed E-state index contributed by atoms with van der Waals surface area (Å²) in [6.07, 6.45) is 7.98. The number of benzene rings is 1. The molecule has 192 valence electrons. The van der Waals surface area contributed by atoms with Gasteiger partial charge in [0.25, 0.3) is 0 Å². The molecule has 1 unspecified atom stereocenters. The number of carbonyl (C=O) groups excluding carboxylic acids is 3. The van der Waals surface area contributed by atoms with Crippen LogP contribution in [0.5, 0.6) is 5.75 Å². The molecule has 5 rings (SSSR count). The molecule has 3 amide bonds. The van der Waals surface area contributed by atoms with Gasteiger partial charge in [0.2, 0.25) is 17.7 Å². The molecular weight excluding hydrogens is 478 g/mol.